The molecule has 130 valence electrons. The van der Waals surface area contributed by atoms with E-state index in [0.29, 0.717) is 18.4 Å². The molecule has 3 N–H and O–H groups in total. The van der Waals surface area contributed by atoms with E-state index in [1.165, 1.54) is 6.07 Å². The summed E-state index contributed by atoms with van der Waals surface area (Å²) >= 11 is 0. The molecule has 4 nitrogen and oxygen atoms in total. The van der Waals surface area contributed by atoms with Crippen molar-refractivity contribution in [3.8, 4) is 6.07 Å². The van der Waals surface area contributed by atoms with Crippen LogP contribution in [0, 0.1) is 11.3 Å². The minimum absolute atomic E-state index is 0.481. The van der Waals surface area contributed by atoms with E-state index in [4.69, 9.17) is 0 Å². The van der Waals surface area contributed by atoms with Crippen LogP contribution in [-0.2, 0) is 19.0 Å². The summed E-state index contributed by atoms with van der Waals surface area (Å²) in [5.41, 5.74) is 9.85. The van der Waals surface area contributed by atoms with Crippen molar-refractivity contribution < 1.29 is 13.2 Å². The minimum Gasteiger partial charge on any atom is -0.234 e. The maximum atomic E-state index is 13.1. The highest BCUT2D eigenvalue weighted by Crippen LogP contribution is 2.33. The number of hydrogen-bond donors (Lipinski definition) is 3. The monoisotopic (exact) mass is 346 g/mol. The Morgan fingerprint density at radius 3 is 2.44 bits per heavy atom. The summed E-state index contributed by atoms with van der Waals surface area (Å²) in [5.74, 6) is 0. The number of aryl methyl sites for hydroxylation is 2. The molecule has 1 fully saturated rings. The lowest BCUT2D eigenvalue weighted by Crippen LogP contribution is -2.32. The number of alkyl halides is 3. The maximum absolute atomic E-state index is 13.1. The Hall–Kier alpha value is -2.40. The Morgan fingerprint density at radius 1 is 1.00 bits per heavy atom. The predicted octanol–water partition coefficient (Wildman–Crippen LogP) is 3.04. The Morgan fingerprint density at radius 2 is 1.76 bits per heavy atom. The first-order valence-electron chi connectivity index (χ1n) is 7.88. The lowest BCUT2D eigenvalue weighted by Gasteiger charge is -2.19. The molecule has 1 aliphatic heterocycles. The van der Waals surface area contributed by atoms with Gasteiger partial charge in [-0.1, -0.05) is 36.4 Å². The summed E-state index contributed by atoms with van der Waals surface area (Å²) < 4.78 is 39.3. The topological polar surface area (TPSA) is 59.9 Å². The van der Waals surface area contributed by atoms with E-state index in [1.54, 1.807) is 0 Å². The third kappa shape index (κ3) is 3.99. The Bertz CT molecular complexity index is 768. The predicted molar refractivity (Wildman–Crippen MR) is 86.8 cm³/mol. The SMILES string of the molecule is N#CC1NNNC1c1cc(C(F)(F)F)ccc1CCc1ccccc1. The average Bonchev–Trinajstić information content (AvgIpc) is 3.08. The van der Waals surface area contributed by atoms with Crippen molar-refractivity contribution in [2.24, 2.45) is 0 Å². The molecule has 1 heterocycles. The highest BCUT2D eigenvalue weighted by atomic mass is 19.4. The van der Waals surface area contributed by atoms with Crippen LogP contribution in [0.3, 0.4) is 0 Å². The number of nitrogens with zero attached hydrogens (tertiary/aromatic N) is 1. The average molecular weight is 346 g/mol. The van der Waals surface area contributed by atoms with Gasteiger partial charge in [-0.15, -0.1) is 0 Å². The molecule has 25 heavy (non-hydrogen) atoms. The van der Waals surface area contributed by atoms with Crippen molar-refractivity contribution >= 4 is 0 Å². The standard InChI is InChI=1S/C18H17F3N4/c19-18(20,21)14-9-8-13(7-6-12-4-2-1-3-5-12)15(10-14)17-16(11-22)23-25-24-17/h1-5,8-10,16-17,23-25H,6-7H2. The van der Waals surface area contributed by atoms with Crippen LogP contribution in [0.2, 0.25) is 0 Å². The van der Waals surface area contributed by atoms with Gasteiger partial charge < -0.3 is 0 Å². The molecular formula is C18H17F3N4. The summed E-state index contributed by atoms with van der Waals surface area (Å²) in [6.45, 7) is 0. The summed E-state index contributed by atoms with van der Waals surface area (Å²) in [6, 6.07) is 14.3. The van der Waals surface area contributed by atoms with E-state index in [9.17, 15) is 18.4 Å². The number of nitriles is 1. The summed E-state index contributed by atoms with van der Waals surface area (Å²) in [7, 11) is 0. The van der Waals surface area contributed by atoms with Crippen molar-refractivity contribution in [1.29, 1.82) is 5.26 Å². The van der Waals surface area contributed by atoms with Gasteiger partial charge in [0.05, 0.1) is 17.7 Å². The molecule has 0 aromatic heterocycles. The highest BCUT2D eigenvalue weighted by molar-refractivity contribution is 5.38. The van der Waals surface area contributed by atoms with E-state index < -0.39 is 23.8 Å². The van der Waals surface area contributed by atoms with Gasteiger partial charge in [0.15, 0.2) is 0 Å². The molecule has 7 heteroatoms. The Kier molecular flexibility index (Phi) is 5.04. The highest BCUT2D eigenvalue weighted by Gasteiger charge is 2.34. The smallest absolute Gasteiger partial charge is 0.234 e. The van der Waals surface area contributed by atoms with E-state index >= 15 is 0 Å². The molecule has 0 radical (unpaired) electrons. The van der Waals surface area contributed by atoms with Crippen LogP contribution < -0.4 is 16.4 Å². The van der Waals surface area contributed by atoms with Crippen LogP contribution in [0.4, 0.5) is 13.2 Å². The number of hydrogen-bond acceptors (Lipinski definition) is 4. The van der Waals surface area contributed by atoms with Crippen molar-refractivity contribution in [2.75, 3.05) is 0 Å². The molecule has 2 atom stereocenters. The van der Waals surface area contributed by atoms with Crippen LogP contribution in [0.1, 0.15) is 28.3 Å². The number of halogens is 3. The first-order valence-corrected chi connectivity index (χ1v) is 7.88. The number of benzene rings is 2. The third-order valence-corrected chi connectivity index (χ3v) is 4.26. The molecule has 0 spiro atoms. The molecule has 2 aromatic carbocycles. The van der Waals surface area contributed by atoms with E-state index in [-0.39, 0.29) is 0 Å². The first-order chi connectivity index (χ1) is 12.0. The van der Waals surface area contributed by atoms with Gasteiger partial charge in [-0.05, 0) is 41.7 Å². The summed E-state index contributed by atoms with van der Waals surface area (Å²) in [6.07, 6.45) is -3.12. The first kappa shape index (κ1) is 17.4. The second-order valence-electron chi connectivity index (χ2n) is 5.90. The van der Waals surface area contributed by atoms with Gasteiger partial charge in [-0.2, -0.15) is 24.0 Å². The number of rotatable bonds is 4. The van der Waals surface area contributed by atoms with E-state index in [0.717, 1.165) is 23.3 Å². The fourth-order valence-corrected chi connectivity index (χ4v) is 2.94. The normalized spacial score (nSPS) is 20.4. The zero-order chi connectivity index (χ0) is 17.9. The molecule has 3 rings (SSSR count). The fourth-order valence-electron chi connectivity index (χ4n) is 2.94. The van der Waals surface area contributed by atoms with Gasteiger partial charge in [-0.25, -0.2) is 10.9 Å². The summed E-state index contributed by atoms with van der Waals surface area (Å²) in [4.78, 5) is 0. The quantitative estimate of drug-likeness (QED) is 0.796. The van der Waals surface area contributed by atoms with Crippen LogP contribution in [0.5, 0.6) is 0 Å². The lowest BCUT2D eigenvalue weighted by atomic mass is 9.91. The van der Waals surface area contributed by atoms with Crippen molar-refractivity contribution in [1.82, 2.24) is 16.4 Å². The molecule has 0 bridgehead atoms. The van der Waals surface area contributed by atoms with Gasteiger partial charge in [0.1, 0.15) is 6.04 Å². The van der Waals surface area contributed by atoms with Gasteiger partial charge in [-0.3, -0.25) is 0 Å². The van der Waals surface area contributed by atoms with Gasteiger partial charge in [0.25, 0.3) is 0 Å². The zero-order valence-corrected chi connectivity index (χ0v) is 13.3. The fraction of sp³-hybridized carbons (Fsp3) is 0.278. The van der Waals surface area contributed by atoms with Gasteiger partial charge >= 0.3 is 6.18 Å². The molecule has 0 saturated carbocycles. The number of hydrazine groups is 2. The minimum atomic E-state index is -4.42. The molecule has 0 aliphatic carbocycles. The Labute approximate surface area is 143 Å². The second kappa shape index (κ2) is 7.23. The van der Waals surface area contributed by atoms with E-state index in [2.05, 4.69) is 22.5 Å². The van der Waals surface area contributed by atoms with Gasteiger partial charge in [0.2, 0.25) is 0 Å². The molecule has 1 aliphatic rings. The summed E-state index contributed by atoms with van der Waals surface area (Å²) in [5, 5.41) is 9.21. The third-order valence-electron chi connectivity index (χ3n) is 4.26. The van der Waals surface area contributed by atoms with Crippen molar-refractivity contribution in [3.05, 3.63) is 70.8 Å². The van der Waals surface area contributed by atoms with Crippen LogP contribution in [-0.4, -0.2) is 6.04 Å². The van der Waals surface area contributed by atoms with Crippen LogP contribution in [0.25, 0.3) is 0 Å². The molecular weight excluding hydrogens is 329 g/mol. The van der Waals surface area contributed by atoms with E-state index in [1.807, 2.05) is 30.3 Å². The zero-order valence-electron chi connectivity index (χ0n) is 13.3. The van der Waals surface area contributed by atoms with Crippen molar-refractivity contribution in [2.45, 2.75) is 31.1 Å². The van der Waals surface area contributed by atoms with Gasteiger partial charge in [0, 0.05) is 0 Å². The molecule has 2 unspecified atom stereocenters. The molecule has 1 saturated heterocycles. The second-order valence-corrected chi connectivity index (χ2v) is 5.90. The largest absolute Gasteiger partial charge is 0.416 e. The van der Waals surface area contributed by atoms with Crippen molar-refractivity contribution in [3.63, 3.8) is 0 Å². The lowest BCUT2D eigenvalue weighted by molar-refractivity contribution is -0.137. The Balaban J connectivity index is 1.92. The van der Waals surface area contributed by atoms with Crippen LogP contribution in [0.15, 0.2) is 48.5 Å². The maximum Gasteiger partial charge on any atom is 0.416 e. The van der Waals surface area contributed by atoms with Crippen LogP contribution >= 0.6 is 0 Å². The number of nitrogens with one attached hydrogen (secondary N) is 3. The molecule has 0 amide bonds. The molecule has 2 aromatic rings.